The van der Waals surface area contributed by atoms with Crippen molar-refractivity contribution in [3.05, 3.63) is 247 Å². The molecular weight excluding hydrogens is 821 g/mol. The van der Waals surface area contributed by atoms with Gasteiger partial charge in [0.1, 0.15) is 0 Å². The highest BCUT2D eigenvalue weighted by molar-refractivity contribution is 6.17. The first-order valence-electron chi connectivity index (χ1n) is 24.6. The van der Waals surface area contributed by atoms with Gasteiger partial charge in [0, 0.05) is 33.1 Å². The van der Waals surface area contributed by atoms with Crippen LogP contribution in [0.25, 0.3) is 77.6 Å². The highest BCUT2D eigenvalue weighted by atomic mass is 15.2. The van der Waals surface area contributed by atoms with Gasteiger partial charge in [-0.2, -0.15) is 0 Å². The lowest BCUT2D eigenvalue weighted by atomic mass is 9.66. The lowest BCUT2D eigenvalue weighted by Crippen LogP contribution is -2.29. The molecule has 1 spiro atoms. The van der Waals surface area contributed by atoms with Gasteiger partial charge in [-0.3, -0.25) is 0 Å². The first-order chi connectivity index (χ1) is 33.7. The Morgan fingerprint density at radius 2 is 1.03 bits per heavy atom. The fraction of sp³-hybridized carbons (Fsp3) is 0.121. The van der Waals surface area contributed by atoms with Gasteiger partial charge in [0.15, 0.2) is 0 Å². The zero-order valence-corrected chi connectivity index (χ0v) is 38.3. The fourth-order valence-corrected chi connectivity index (χ4v) is 12.3. The molecule has 68 heavy (non-hydrogen) atoms. The Labute approximate surface area is 399 Å². The van der Waals surface area contributed by atoms with E-state index < -0.39 is 0 Å². The van der Waals surface area contributed by atoms with Crippen LogP contribution in [0, 0.1) is 0 Å². The molecule has 326 valence electrons. The lowest BCUT2D eigenvalue weighted by molar-refractivity contribution is 0.350. The van der Waals surface area contributed by atoms with Crippen molar-refractivity contribution in [1.29, 1.82) is 0 Å². The Hall–Kier alpha value is -7.94. The largest absolute Gasteiger partial charge is 0.309 e. The van der Waals surface area contributed by atoms with E-state index in [1.807, 2.05) is 0 Å². The molecule has 10 aromatic rings. The second kappa shape index (κ2) is 16.7. The van der Waals surface area contributed by atoms with E-state index in [4.69, 9.17) is 0 Å². The summed E-state index contributed by atoms with van der Waals surface area (Å²) in [6.07, 6.45) is 13.7. The van der Waals surface area contributed by atoms with E-state index >= 15 is 0 Å². The molecule has 2 heteroatoms. The maximum absolute atomic E-state index is 2.57. The molecule has 1 heterocycles. The van der Waals surface area contributed by atoms with Crippen LogP contribution in [-0.2, 0) is 5.41 Å². The second-order valence-electron chi connectivity index (χ2n) is 19.0. The number of nitrogens with zero attached hydrogens (tertiary/aromatic N) is 2. The summed E-state index contributed by atoms with van der Waals surface area (Å²) in [5.41, 5.74) is 23.1. The van der Waals surface area contributed by atoms with Gasteiger partial charge >= 0.3 is 0 Å². The molecule has 0 radical (unpaired) electrons. The van der Waals surface area contributed by atoms with Crippen LogP contribution in [-0.4, -0.2) is 4.57 Å². The van der Waals surface area contributed by atoms with E-state index in [1.165, 1.54) is 104 Å². The number of allylic oxidation sites excluding steroid dienone is 4. The molecule has 1 fully saturated rings. The highest BCUT2D eigenvalue weighted by Gasteiger charge is 2.45. The smallest absolute Gasteiger partial charge is 0.0562 e. The number of fused-ring (bicyclic) bond motifs is 7. The number of benzene rings is 9. The Morgan fingerprint density at radius 1 is 0.426 bits per heavy atom. The van der Waals surface area contributed by atoms with E-state index in [9.17, 15) is 0 Å². The Balaban J connectivity index is 1.01. The summed E-state index contributed by atoms with van der Waals surface area (Å²) >= 11 is 0. The molecule has 0 saturated heterocycles. The lowest BCUT2D eigenvalue weighted by Gasteiger charge is -2.37. The molecule has 3 aliphatic rings. The van der Waals surface area contributed by atoms with Crippen molar-refractivity contribution in [3.8, 4) is 50.2 Å². The average Bonchev–Trinajstić information content (AvgIpc) is 3.89. The third kappa shape index (κ3) is 6.54. The maximum atomic E-state index is 2.57. The van der Waals surface area contributed by atoms with Crippen molar-refractivity contribution in [1.82, 2.24) is 4.57 Å². The molecule has 1 saturated carbocycles. The van der Waals surface area contributed by atoms with Gasteiger partial charge in [-0.15, -0.1) is 0 Å². The minimum atomic E-state index is 0.159. The maximum Gasteiger partial charge on any atom is 0.0562 e. The Morgan fingerprint density at radius 3 is 1.81 bits per heavy atom. The number of aromatic nitrogens is 1. The number of hydrogen-bond donors (Lipinski definition) is 0. The predicted octanol–water partition coefficient (Wildman–Crippen LogP) is 18.2. The monoisotopic (exact) mass is 872 g/mol. The topological polar surface area (TPSA) is 8.17 Å². The van der Waals surface area contributed by atoms with Gasteiger partial charge in [-0.05, 0) is 141 Å². The van der Waals surface area contributed by atoms with Crippen molar-refractivity contribution in [3.63, 3.8) is 0 Å². The summed E-state index contributed by atoms with van der Waals surface area (Å²) in [6.45, 7) is 0. The summed E-state index contributed by atoms with van der Waals surface area (Å²) in [4.78, 5) is 2.52. The highest BCUT2D eigenvalue weighted by Crippen LogP contribution is 2.57. The minimum absolute atomic E-state index is 0.159. The first-order valence-corrected chi connectivity index (χ1v) is 24.6. The van der Waals surface area contributed by atoms with Crippen LogP contribution in [0.3, 0.4) is 0 Å². The predicted molar refractivity (Wildman–Crippen MR) is 287 cm³/mol. The van der Waals surface area contributed by atoms with Gasteiger partial charge in [-0.1, -0.05) is 195 Å². The molecule has 1 aromatic heterocycles. The van der Waals surface area contributed by atoms with Gasteiger partial charge < -0.3 is 9.47 Å². The van der Waals surface area contributed by atoms with E-state index in [1.54, 1.807) is 16.7 Å². The summed E-state index contributed by atoms with van der Waals surface area (Å²) < 4.78 is 2.42. The van der Waals surface area contributed by atoms with Gasteiger partial charge in [0.25, 0.3) is 0 Å². The third-order valence-corrected chi connectivity index (χ3v) is 15.3. The number of para-hydroxylation sites is 3. The van der Waals surface area contributed by atoms with Crippen molar-refractivity contribution < 1.29 is 0 Å². The molecule has 13 rings (SSSR count). The van der Waals surface area contributed by atoms with Crippen LogP contribution in [0.1, 0.15) is 56.1 Å². The summed E-state index contributed by atoms with van der Waals surface area (Å²) in [5, 5.41) is 2.44. The summed E-state index contributed by atoms with van der Waals surface area (Å²) in [5.74, 6) is 0. The van der Waals surface area contributed by atoms with Crippen molar-refractivity contribution in [2.75, 3.05) is 4.90 Å². The van der Waals surface area contributed by atoms with E-state index in [2.05, 4.69) is 240 Å². The van der Waals surface area contributed by atoms with Crippen molar-refractivity contribution in [2.45, 2.75) is 50.4 Å². The fourth-order valence-electron chi connectivity index (χ4n) is 12.3. The third-order valence-electron chi connectivity index (χ3n) is 15.3. The molecule has 0 amide bonds. The zero-order valence-electron chi connectivity index (χ0n) is 38.3. The molecular formula is C66H52N2. The molecule has 0 unspecified atom stereocenters. The second-order valence-corrected chi connectivity index (χ2v) is 19.0. The molecule has 0 atom stereocenters. The minimum Gasteiger partial charge on any atom is -0.309 e. The molecule has 3 aliphatic carbocycles. The average molecular weight is 873 g/mol. The van der Waals surface area contributed by atoms with E-state index in [0.29, 0.717) is 0 Å². The Kier molecular flexibility index (Phi) is 9.93. The normalized spacial score (nSPS) is 14.9. The first kappa shape index (κ1) is 40.3. The molecule has 9 aromatic carbocycles. The van der Waals surface area contributed by atoms with Crippen LogP contribution in [0.15, 0.2) is 236 Å². The van der Waals surface area contributed by atoms with Gasteiger partial charge in [-0.25, -0.2) is 0 Å². The summed E-state index contributed by atoms with van der Waals surface area (Å²) in [7, 11) is 0. The summed E-state index contributed by atoms with van der Waals surface area (Å²) in [6, 6.07) is 80.9. The standard InChI is InChI=1S/C66H52N2/c1-4-21-47(22-5-1)51-25-8-9-26-52(51)53-27-10-11-28-54(53)57-30-13-16-33-61(57)68(64-36-20-35-63-65(64)58-31-14-17-34-62(58)67(63)49-23-6-2-7-24-49)50-40-37-46(38-41-50)48-39-42-56-55-29-12-15-32-59(55)66(60(56)45-48)43-18-3-19-44-66/h1-2,4-11,13-17,20-28,30-42,45H,3,12,18-19,29,43-44H2. The van der Waals surface area contributed by atoms with Crippen LogP contribution in [0.2, 0.25) is 0 Å². The van der Waals surface area contributed by atoms with Crippen LogP contribution in [0.5, 0.6) is 0 Å². The van der Waals surface area contributed by atoms with Gasteiger partial charge in [0.2, 0.25) is 0 Å². The quantitative estimate of drug-likeness (QED) is 0.148. The number of rotatable bonds is 8. The Bertz CT molecular complexity index is 3580. The van der Waals surface area contributed by atoms with Crippen molar-refractivity contribution in [2.24, 2.45) is 0 Å². The molecule has 2 nitrogen and oxygen atoms in total. The SMILES string of the molecule is C1=CC2=C(CC1)c1ccc(-c3ccc(N(c4ccccc4-c4ccccc4-c4ccccc4-c4ccccc4)c4cccc5c4c4ccccc4n5-c4ccccc4)cc3)cc1C21CCCCC1. The number of hydrogen-bond acceptors (Lipinski definition) is 1. The van der Waals surface area contributed by atoms with Crippen molar-refractivity contribution >= 4 is 44.4 Å². The molecule has 0 aliphatic heterocycles. The van der Waals surface area contributed by atoms with E-state index in [0.717, 1.165) is 35.6 Å². The van der Waals surface area contributed by atoms with E-state index in [-0.39, 0.29) is 5.41 Å². The van der Waals surface area contributed by atoms with Gasteiger partial charge in [0.05, 0.1) is 22.4 Å². The molecule has 0 N–H and O–H groups in total. The van der Waals surface area contributed by atoms with Crippen LogP contribution in [0.4, 0.5) is 17.1 Å². The van der Waals surface area contributed by atoms with Crippen LogP contribution >= 0.6 is 0 Å². The molecule has 0 bridgehead atoms. The van der Waals surface area contributed by atoms with Crippen LogP contribution < -0.4 is 4.90 Å². The zero-order chi connectivity index (χ0) is 45.0. The number of anilines is 3.